The lowest BCUT2D eigenvalue weighted by molar-refractivity contribution is 0.293. The molecule has 1 unspecified atom stereocenters. The van der Waals surface area contributed by atoms with Crippen LogP contribution in [0.15, 0.2) is 24.3 Å². The predicted molar refractivity (Wildman–Crippen MR) is 80.1 cm³/mol. The van der Waals surface area contributed by atoms with E-state index in [9.17, 15) is 0 Å². The third-order valence-corrected chi connectivity index (χ3v) is 3.16. The summed E-state index contributed by atoms with van der Waals surface area (Å²) in [6.45, 7) is 6.22. The van der Waals surface area contributed by atoms with Crippen molar-refractivity contribution in [2.45, 2.75) is 45.6 Å². The van der Waals surface area contributed by atoms with Crippen LogP contribution in [-0.4, -0.2) is 26.3 Å². The smallest absolute Gasteiger partial charge is 0.119 e. The van der Waals surface area contributed by atoms with Crippen LogP contribution in [0.1, 0.15) is 39.5 Å². The summed E-state index contributed by atoms with van der Waals surface area (Å²) in [5.74, 6) is 1.78. The highest BCUT2D eigenvalue weighted by Crippen LogP contribution is 2.17. The molecule has 1 aromatic rings. The van der Waals surface area contributed by atoms with Crippen molar-refractivity contribution >= 4 is 0 Å². The molecule has 0 bridgehead atoms. The Labute approximate surface area is 117 Å². The molecule has 1 N–H and O–H groups in total. The molecule has 1 atom stereocenters. The second-order valence-electron chi connectivity index (χ2n) is 4.71. The van der Waals surface area contributed by atoms with Crippen LogP contribution in [0.25, 0.3) is 0 Å². The summed E-state index contributed by atoms with van der Waals surface area (Å²) in [5.41, 5.74) is 0. The average Bonchev–Trinajstić information content (AvgIpc) is 2.44. The van der Waals surface area contributed by atoms with Crippen molar-refractivity contribution in [2.75, 3.05) is 20.3 Å². The van der Waals surface area contributed by atoms with Crippen molar-refractivity contribution in [3.05, 3.63) is 24.3 Å². The Morgan fingerprint density at radius 2 is 1.74 bits per heavy atom. The lowest BCUT2D eigenvalue weighted by Gasteiger charge is -2.17. The molecule has 3 nitrogen and oxygen atoms in total. The fraction of sp³-hybridized carbons (Fsp3) is 0.625. The van der Waals surface area contributed by atoms with Crippen molar-refractivity contribution in [3.63, 3.8) is 0 Å². The van der Waals surface area contributed by atoms with Gasteiger partial charge in [0.15, 0.2) is 0 Å². The van der Waals surface area contributed by atoms with Crippen LogP contribution < -0.4 is 14.8 Å². The molecular formula is C16H27NO2. The topological polar surface area (TPSA) is 30.5 Å². The highest BCUT2D eigenvalue weighted by Gasteiger charge is 2.05. The van der Waals surface area contributed by atoms with Crippen LogP contribution in [0.5, 0.6) is 11.5 Å². The summed E-state index contributed by atoms with van der Waals surface area (Å²) in [5, 5.41) is 3.53. The highest BCUT2D eigenvalue weighted by molar-refractivity contribution is 5.31. The summed E-state index contributed by atoms with van der Waals surface area (Å²) in [7, 11) is 1.67. The van der Waals surface area contributed by atoms with Gasteiger partial charge in [-0.3, -0.25) is 0 Å². The number of benzene rings is 1. The normalized spacial score (nSPS) is 12.2. The van der Waals surface area contributed by atoms with Gasteiger partial charge in [-0.2, -0.15) is 0 Å². The number of nitrogens with one attached hydrogen (secondary N) is 1. The quantitative estimate of drug-likeness (QED) is 0.655. The SMILES string of the molecule is CCCC(CCCOc1ccc(OC)cc1)NCC. The fourth-order valence-electron chi connectivity index (χ4n) is 2.18. The first kappa shape index (κ1) is 15.8. The Balaban J connectivity index is 2.21. The van der Waals surface area contributed by atoms with Crippen LogP contribution in [0.3, 0.4) is 0 Å². The van der Waals surface area contributed by atoms with Crippen molar-refractivity contribution in [1.82, 2.24) is 5.32 Å². The van der Waals surface area contributed by atoms with Crippen molar-refractivity contribution < 1.29 is 9.47 Å². The molecule has 0 aromatic heterocycles. The van der Waals surface area contributed by atoms with E-state index in [4.69, 9.17) is 9.47 Å². The van der Waals surface area contributed by atoms with Gasteiger partial charge in [0, 0.05) is 6.04 Å². The van der Waals surface area contributed by atoms with Crippen molar-refractivity contribution in [3.8, 4) is 11.5 Å². The third-order valence-electron chi connectivity index (χ3n) is 3.16. The number of hydrogen-bond acceptors (Lipinski definition) is 3. The number of hydrogen-bond donors (Lipinski definition) is 1. The molecule has 0 aliphatic rings. The predicted octanol–water partition coefficient (Wildman–Crippen LogP) is 3.63. The van der Waals surface area contributed by atoms with Gasteiger partial charge in [0.05, 0.1) is 13.7 Å². The largest absolute Gasteiger partial charge is 0.497 e. The Kier molecular flexibility index (Phi) is 8.07. The maximum absolute atomic E-state index is 5.73. The molecule has 108 valence electrons. The average molecular weight is 265 g/mol. The van der Waals surface area contributed by atoms with Gasteiger partial charge in [0.1, 0.15) is 11.5 Å². The van der Waals surface area contributed by atoms with Crippen molar-refractivity contribution in [1.29, 1.82) is 0 Å². The van der Waals surface area contributed by atoms with Crippen LogP contribution in [0.2, 0.25) is 0 Å². The van der Waals surface area contributed by atoms with E-state index >= 15 is 0 Å². The lowest BCUT2D eigenvalue weighted by atomic mass is 10.1. The number of methoxy groups -OCH3 is 1. The molecule has 1 rings (SSSR count). The Bertz CT molecular complexity index is 318. The minimum absolute atomic E-state index is 0.634. The fourth-order valence-corrected chi connectivity index (χ4v) is 2.18. The molecule has 0 heterocycles. The summed E-state index contributed by atoms with van der Waals surface area (Å²) >= 11 is 0. The van der Waals surface area contributed by atoms with E-state index in [0.29, 0.717) is 6.04 Å². The summed E-state index contributed by atoms with van der Waals surface area (Å²) in [4.78, 5) is 0. The van der Waals surface area contributed by atoms with Gasteiger partial charge in [0.2, 0.25) is 0 Å². The van der Waals surface area contributed by atoms with E-state index in [1.54, 1.807) is 7.11 Å². The zero-order valence-electron chi connectivity index (χ0n) is 12.4. The molecule has 19 heavy (non-hydrogen) atoms. The van der Waals surface area contributed by atoms with Crippen LogP contribution in [0.4, 0.5) is 0 Å². The molecule has 1 aromatic carbocycles. The van der Waals surface area contributed by atoms with E-state index in [-0.39, 0.29) is 0 Å². The van der Waals surface area contributed by atoms with Crippen LogP contribution in [-0.2, 0) is 0 Å². The Morgan fingerprint density at radius 1 is 1.05 bits per heavy atom. The molecule has 3 heteroatoms. The minimum atomic E-state index is 0.634. The second-order valence-corrected chi connectivity index (χ2v) is 4.71. The van der Waals surface area contributed by atoms with Crippen LogP contribution in [0, 0.1) is 0 Å². The van der Waals surface area contributed by atoms with Crippen molar-refractivity contribution in [2.24, 2.45) is 0 Å². The number of rotatable bonds is 10. The Hall–Kier alpha value is -1.22. The van der Waals surface area contributed by atoms with Gasteiger partial charge in [0.25, 0.3) is 0 Å². The monoisotopic (exact) mass is 265 g/mol. The van der Waals surface area contributed by atoms with Gasteiger partial charge < -0.3 is 14.8 Å². The lowest BCUT2D eigenvalue weighted by Crippen LogP contribution is -2.29. The van der Waals surface area contributed by atoms with E-state index in [2.05, 4.69) is 19.2 Å². The van der Waals surface area contributed by atoms with E-state index < -0.39 is 0 Å². The van der Waals surface area contributed by atoms with E-state index in [1.165, 1.54) is 19.3 Å². The molecule has 0 aliphatic carbocycles. The number of ether oxygens (including phenoxy) is 2. The zero-order valence-corrected chi connectivity index (χ0v) is 12.4. The first-order valence-electron chi connectivity index (χ1n) is 7.30. The minimum Gasteiger partial charge on any atom is -0.497 e. The molecular weight excluding hydrogens is 238 g/mol. The summed E-state index contributed by atoms with van der Waals surface area (Å²) in [6.07, 6.45) is 4.74. The third kappa shape index (κ3) is 6.48. The molecule has 0 fully saturated rings. The van der Waals surface area contributed by atoms with Gasteiger partial charge >= 0.3 is 0 Å². The molecule has 0 aliphatic heterocycles. The first-order valence-corrected chi connectivity index (χ1v) is 7.30. The zero-order chi connectivity index (χ0) is 13.9. The molecule has 0 spiro atoms. The first-order chi connectivity index (χ1) is 9.30. The maximum atomic E-state index is 5.73. The standard InChI is InChI=1S/C16H27NO2/c1-4-7-14(17-5-2)8-6-13-19-16-11-9-15(18-3)10-12-16/h9-12,14,17H,4-8,13H2,1-3H3. The van der Waals surface area contributed by atoms with Gasteiger partial charge in [-0.1, -0.05) is 20.3 Å². The van der Waals surface area contributed by atoms with Gasteiger partial charge in [-0.25, -0.2) is 0 Å². The molecule has 0 radical (unpaired) electrons. The van der Waals surface area contributed by atoms with E-state index in [1.807, 2.05) is 24.3 Å². The molecule has 0 saturated heterocycles. The van der Waals surface area contributed by atoms with E-state index in [0.717, 1.165) is 31.1 Å². The van der Waals surface area contributed by atoms with Gasteiger partial charge in [-0.15, -0.1) is 0 Å². The highest BCUT2D eigenvalue weighted by atomic mass is 16.5. The van der Waals surface area contributed by atoms with Crippen LogP contribution >= 0.6 is 0 Å². The van der Waals surface area contributed by atoms with Gasteiger partial charge in [-0.05, 0) is 50.1 Å². The molecule has 0 amide bonds. The maximum Gasteiger partial charge on any atom is 0.119 e. The second kappa shape index (κ2) is 9.68. The molecule has 0 saturated carbocycles. The summed E-state index contributed by atoms with van der Waals surface area (Å²) in [6, 6.07) is 8.38. The summed E-state index contributed by atoms with van der Waals surface area (Å²) < 4.78 is 10.8. The Morgan fingerprint density at radius 3 is 2.32 bits per heavy atom.